The highest BCUT2D eigenvalue weighted by Crippen LogP contribution is 2.33. The Labute approximate surface area is 175 Å². The predicted molar refractivity (Wildman–Crippen MR) is 124 cm³/mol. The first-order chi connectivity index (χ1) is 14.0. The van der Waals surface area contributed by atoms with Crippen LogP contribution in [-0.4, -0.2) is 4.57 Å². The van der Waals surface area contributed by atoms with Gasteiger partial charge in [-0.15, -0.1) is 0 Å². The van der Waals surface area contributed by atoms with Gasteiger partial charge in [-0.25, -0.2) is 4.57 Å². The summed E-state index contributed by atoms with van der Waals surface area (Å²) in [5.74, 6) is 1.26. The molecule has 0 amide bonds. The molecule has 0 fully saturated rings. The summed E-state index contributed by atoms with van der Waals surface area (Å²) < 4.78 is 4.75. The molecule has 0 bridgehead atoms. The van der Waals surface area contributed by atoms with Gasteiger partial charge in [0.1, 0.15) is 24.4 Å². The van der Waals surface area contributed by atoms with Gasteiger partial charge in [-0.3, -0.25) is 0 Å². The lowest BCUT2D eigenvalue weighted by atomic mass is 10.0. The van der Waals surface area contributed by atoms with Crippen LogP contribution < -0.4 is 15.2 Å². The van der Waals surface area contributed by atoms with E-state index in [-0.39, 0.29) is 0 Å². The van der Waals surface area contributed by atoms with Gasteiger partial charge in [-0.2, -0.15) is 4.57 Å². The Kier molecular flexibility index (Phi) is 5.65. The van der Waals surface area contributed by atoms with Crippen LogP contribution in [0.4, 0.5) is 0 Å². The normalized spacial score (nSPS) is 11.2. The average Bonchev–Trinajstić information content (AvgIpc) is 3.07. The third kappa shape index (κ3) is 4.04. The molecule has 1 aromatic heterocycles. The Balaban J connectivity index is 1.74. The number of hydrogen-bond donors (Lipinski definition) is 0. The molecular formula is C26H28N2P+. The van der Waals surface area contributed by atoms with E-state index in [1.807, 2.05) is 0 Å². The molecule has 0 radical (unpaired) electrons. The SMILES string of the molecule is Cc1cc(C)c(-n2cc[n+](CP(c3ccccc3)c3ccccc3)c2C)c(C)c1. The van der Waals surface area contributed by atoms with Crippen molar-refractivity contribution in [2.45, 2.75) is 34.0 Å². The number of aryl methyl sites for hydroxylation is 3. The molecule has 0 unspecified atom stereocenters. The zero-order chi connectivity index (χ0) is 20.4. The largest absolute Gasteiger partial charge is 0.258 e. The minimum atomic E-state index is -0.470. The van der Waals surface area contributed by atoms with Crippen LogP contribution in [0.25, 0.3) is 5.69 Å². The third-order valence-corrected chi connectivity index (χ3v) is 7.90. The summed E-state index contributed by atoms with van der Waals surface area (Å²) in [7, 11) is -0.470. The summed E-state index contributed by atoms with van der Waals surface area (Å²) in [5.41, 5.74) is 5.26. The number of rotatable bonds is 5. The second-order valence-corrected chi connectivity index (χ2v) is 9.84. The molecule has 4 rings (SSSR count). The molecule has 3 heteroatoms. The molecular weight excluding hydrogens is 371 g/mol. The molecule has 29 heavy (non-hydrogen) atoms. The summed E-state index contributed by atoms with van der Waals surface area (Å²) in [6.07, 6.45) is 5.42. The molecule has 146 valence electrons. The fraction of sp³-hybridized carbons (Fsp3) is 0.192. The number of imidazole rings is 1. The number of benzene rings is 3. The Morgan fingerprint density at radius 1 is 0.759 bits per heavy atom. The van der Waals surface area contributed by atoms with Crippen LogP contribution >= 0.6 is 7.92 Å². The Bertz CT molecular complexity index is 1050. The Morgan fingerprint density at radius 3 is 1.79 bits per heavy atom. The molecule has 0 atom stereocenters. The van der Waals surface area contributed by atoms with Crippen LogP contribution in [0.5, 0.6) is 0 Å². The fourth-order valence-corrected chi connectivity index (χ4v) is 6.41. The maximum atomic E-state index is 2.41. The highest BCUT2D eigenvalue weighted by atomic mass is 31.1. The van der Waals surface area contributed by atoms with E-state index in [2.05, 4.69) is 122 Å². The molecule has 0 saturated heterocycles. The molecule has 0 aliphatic carbocycles. The van der Waals surface area contributed by atoms with Crippen molar-refractivity contribution in [3.63, 3.8) is 0 Å². The first kappa shape index (κ1) is 19.6. The van der Waals surface area contributed by atoms with Gasteiger partial charge in [-0.05, 0) is 42.5 Å². The maximum Gasteiger partial charge on any atom is 0.258 e. The van der Waals surface area contributed by atoms with Gasteiger partial charge in [0.15, 0.2) is 0 Å². The zero-order valence-electron chi connectivity index (χ0n) is 17.6. The van der Waals surface area contributed by atoms with Crippen molar-refractivity contribution in [1.29, 1.82) is 0 Å². The lowest BCUT2D eigenvalue weighted by Gasteiger charge is -2.17. The highest BCUT2D eigenvalue weighted by molar-refractivity contribution is 7.71. The number of nitrogens with zero attached hydrogens (tertiary/aromatic N) is 2. The van der Waals surface area contributed by atoms with E-state index >= 15 is 0 Å². The summed E-state index contributed by atoms with van der Waals surface area (Å²) in [6, 6.07) is 26.4. The monoisotopic (exact) mass is 399 g/mol. The van der Waals surface area contributed by atoms with E-state index in [4.69, 9.17) is 0 Å². The van der Waals surface area contributed by atoms with Crippen LogP contribution in [0.1, 0.15) is 22.5 Å². The van der Waals surface area contributed by atoms with E-state index in [1.165, 1.54) is 38.8 Å². The van der Waals surface area contributed by atoms with E-state index < -0.39 is 7.92 Å². The molecule has 4 aromatic rings. The summed E-state index contributed by atoms with van der Waals surface area (Å²) >= 11 is 0. The van der Waals surface area contributed by atoms with Gasteiger partial charge in [0.25, 0.3) is 5.82 Å². The van der Waals surface area contributed by atoms with Crippen LogP contribution in [0, 0.1) is 27.7 Å². The molecule has 0 aliphatic heterocycles. The molecule has 0 aliphatic rings. The highest BCUT2D eigenvalue weighted by Gasteiger charge is 2.22. The van der Waals surface area contributed by atoms with Crippen LogP contribution in [0.15, 0.2) is 85.2 Å². The lowest BCUT2D eigenvalue weighted by molar-refractivity contribution is -0.682. The minimum Gasteiger partial charge on any atom is -0.230 e. The van der Waals surface area contributed by atoms with Crippen molar-refractivity contribution in [2.75, 3.05) is 0 Å². The van der Waals surface area contributed by atoms with E-state index in [0.717, 1.165) is 6.29 Å². The van der Waals surface area contributed by atoms with Crippen molar-refractivity contribution < 1.29 is 4.57 Å². The molecule has 3 aromatic carbocycles. The summed E-state index contributed by atoms with van der Waals surface area (Å²) in [6.45, 7) is 8.81. The van der Waals surface area contributed by atoms with Gasteiger partial charge in [0, 0.05) is 14.8 Å². The zero-order valence-corrected chi connectivity index (χ0v) is 18.5. The summed E-state index contributed by atoms with van der Waals surface area (Å²) in [5, 5.41) is 2.83. The van der Waals surface area contributed by atoms with Gasteiger partial charge < -0.3 is 0 Å². The maximum absolute atomic E-state index is 2.41. The molecule has 0 spiro atoms. The lowest BCUT2D eigenvalue weighted by Crippen LogP contribution is -2.37. The number of aromatic nitrogens is 2. The smallest absolute Gasteiger partial charge is 0.230 e. The average molecular weight is 399 g/mol. The van der Waals surface area contributed by atoms with Crippen molar-refractivity contribution >= 4 is 18.5 Å². The van der Waals surface area contributed by atoms with Gasteiger partial charge >= 0.3 is 0 Å². The van der Waals surface area contributed by atoms with E-state index in [0.29, 0.717) is 0 Å². The molecule has 2 nitrogen and oxygen atoms in total. The van der Waals surface area contributed by atoms with Gasteiger partial charge in [-0.1, -0.05) is 78.4 Å². The van der Waals surface area contributed by atoms with E-state index in [1.54, 1.807) is 0 Å². The summed E-state index contributed by atoms with van der Waals surface area (Å²) in [4.78, 5) is 0. The second kappa shape index (κ2) is 8.35. The van der Waals surface area contributed by atoms with Gasteiger partial charge in [0.2, 0.25) is 0 Å². The topological polar surface area (TPSA) is 8.81 Å². The van der Waals surface area contributed by atoms with Crippen molar-refractivity contribution in [3.05, 3.63) is 108 Å². The Morgan fingerprint density at radius 2 is 1.28 bits per heavy atom. The fourth-order valence-electron chi connectivity index (χ4n) is 4.12. The van der Waals surface area contributed by atoms with Crippen molar-refractivity contribution in [3.8, 4) is 5.69 Å². The molecule has 0 saturated carbocycles. The van der Waals surface area contributed by atoms with Crippen LogP contribution in [0.2, 0.25) is 0 Å². The predicted octanol–water partition coefficient (Wildman–Crippen LogP) is 5.09. The Hall–Kier alpha value is -2.70. The number of hydrogen-bond acceptors (Lipinski definition) is 0. The van der Waals surface area contributed by atoms with Gasteiger partial charge in [0.05, 0.1) is 0 Å². The quantitative estimate of drug-likeness (QED) is 0.327. The van der Waals surface area contributed by atoms with Crippen molar-refractivity contribution in [1.82, 2.24) is 4.57 Å². The molecule has 1 heterocycles. The van der Waals surface area contributed by atoms with Crippen molar-refractivity contribution in [2.24, 2.45) is 0 Å². The minimum absolute atomic E-state index is 0.470. The first-order valence-corrected chi connectivity index (χ1v) is 11.6. The first-order valence-electron chi connectivity index (χ1n) is 10.1. The standard InChI is InChI=1S/C26H28N2P/c1-20-17-21(2)26(22(3)18-20)28-16-15-27(23(28)4)19-29(24-11-7-5-8-12-24)25-13-9-6-10-14-25/h5-18H,19H2,1-4H3/q+1. The van der Waals surface area contributed by atoms with Crippen LogP contribution in [-0.2, 0) is 6.29 Å². The molecule has 0 N–H and O–H groups in total. The third-order valence-electron chi connectivity index (χ3n) is 5.47. The van der Waals surface area contributed by atoms with E-state index in [9.17, 15) is 0 Å². The van der Waals surface area contributed by atoms with Crippen LogP contribution in [0.3, 0.4) is 0 Å². The second-order valence-electron chi connectivity index (χ2n) is 7.67.